The highest BCUT2D eigenvalue weighted by molar-refractivity contribution is 7.91. The molecule has 0 radical (unpaired) electrons. The maximum Gasteiger partial charge on any atom is 0.192 e. The van der Waals surface area contributed by atoms with Gasteiger partial charge in [0.1, 0.15) is 16.1 Å². The minimum atomic E-state index is -1.79. The fourth-order valence-corrected chi connectivity index (χ4v) is 4.69. The van der Waals surface area contributed by atoms with Gasteiger partial charge in [-0.2, -0.15) is 0 Å². The molecule has 0 aromatic heterocycles. The highest BCUT2D eigenvalue weighted by Crippen LogP contribution is 2.45. The molecule has 1 aliphatic rings. The van der Waals surface area contributed by atoms with Crippen molar-refractivity contribution in [2.24, 2.45) is 4.40 Å². The van der Waals surface area contributed by atoms with Crippen LogP contribution in [0.4, 0.5) is 0 Å². The van der Waals surface area contributed by atoms with E-state index in [1.807, 2.05) is 27.0 Å². The Bertz CT molecular complexity index is 390. The first-order chi connectivity index (χ1) is 9.79. The van der Waals surface area contributed by atoms with E-state index in [2.05, 4.69) is 38.3 Å². The molecule has 3 nitrogen and oxygen atoms in total. The molecule has 1 aliphatic carbocycles. The zero-order chi connectivity index (χ0) is 17.2. The summed E-state index contributed by atoms with van der Waals surface area (Å²) in [5.41, 5.74) is -0.0748. The fraction of sp³-hybridized carbons (Fsp3) is 0.941. The summed E-state index contributed by atoms with van der Waals surface area (Å²) in [6.07, 6.45) is 7.32. The van der Waals surface area contributed by atoms with Gasteiger partial charge in [0, 0.05) is 6.42 Å². The van der Waals surface area contributed by atoms with E-state index >= 15 is 0 Å². The molecule has 0 saturated heterocycles. The number of nitrogens with zero attached hydrogens (tertiary/aromatic N) is 1. The van der Waals surface area contributed by atoms with Crippen molar-refractivity contribution in [3.8, 4) is 0 Å². The van der Waals surface area contributed by atoms with Gasteiger partial charge in [-0.1, -0.05) is 38.0 Å². The van der Waals surface area contributed by atoms with Crippen LogP contribution in [0.3, 0.4) is 0 Å². The van der Waals surface area contributed by atoms with Gasteiger partial charge in [0.05, 0.1) is 11.8 Å². The standard InChI is InChI=1S/C17H35NO2SSi/c1-15(2,3)21(19)18-14-13-17(11-9-10-12-17)20-22(7,8)16(4,5)6/h14H,9-13H2,1-8H3/b18-14+/t21-/m1/s1. The van der Waals surface area contributed by atoms with Crippen LogP contribution in [-0.2, 0) is 15.8 Å². The Morgan fingerprint density at radius 2 is 1.64 bits per heavy atom. The Kier molecular flexibility index (Phi) is 6.39. The fourth-order valence-electron chi connectivity index (χ4n) is 2.49. The van der Waals surface area contributed by atoms with Crippen molar-refractivity contribution in [1.82, 2.24) is 0 Å². The molecule has 22 heavy (non-hydrogen) atoms. The van der Waals surface area contributed by atoms with E-state index in [4.69, 9.17) is 4.43 Å². The molecule has 1 saturated carbocycles. The molecule has 0 unspecified atom stereocenters. The first-order valence-corrected chi connectivity index (χ1v) is 12.5. The summed E-state index contributed by atoms with van der Waals surface area (Å²) < 4.78 is 22.8. The molecule has 0 N–H and O–H groups in total. The van der Waals surface area contributed by atoms with Crippen LogP contribution < -0.4 is 0 Å². The minimum Gasteiger partial charge on any atom is -0.591 e. The highest BCUT2D eigenvalue weighted by Gasteiger charge is 2.45. The molecule has 1 fully saturated rings. The third-order valence-corrected chi connectivity index (χ3v) is 10.9. The number of rotatable bonds is 5. The molecule has 130 valence electrons. The summed E-state index contributed by atoms with van der Waals surface area (Å²) in [6, 6.07) is 0. The van der Waals surface area contributed by atoms with Gasteiger partial charge in [-0.3, -0.25) is 0 Å². The van der Waals surface area contributed by atoms with Gasteiger partial charge >= 0.3 is 0 Å². The largest absolute Gasteiger partial charge is 0.591 e. The van der Waals surface area contributed by atoms with Crippen LogP contribution in [0.25, 0.3) is 0 Å². The van der Waals surface area contributed by atoms with Crippen molar-refractivity contribution >= 4 is 25.9 Å². The van der Waals surface area contributed by atoms with Crippen molar-refractivity contribution in [2.75, 3.05) is 0 Å². The third-order valence-electron chi connectivity index (χ3n) is 4.95. The van der Waals surface area contributed by atoms with Crippen LogP contribution in [-0.4, -0.2) is 29.4 Å². The Hall–Kier alpha value is 0.157. The second-order valence-corrected chi connectivity index (χ2v) is 15.8. The van der Waals surface area contributed by atoms with Crippen molar-refractivity contribution in [1.29, 1.82) is 0 Å². The summed E-state index contributed by atoms with van der Waals surface area (Å²) in [4.78, 5) is 0. The second-order valence-electron chi connectivity index (χ2n) is 9.11. The van der Waals surface area contributed by atoms with Gasteiger partial charge in [0.2, 0.25) is 0 Å². The molecule has 0 bridgehead atoms. The van der Waals surface area contributed by atoms with Crippen molar-refractivity contribution < 1.29 is 8.98 Å². The average molecular weight is 346 g/mol. The SMILES string of the molecule is CC(C)(C)[S@@+]([O-])/N=C/CC1(O[Si](C)(C)C(C)(C)C)CCCC1. The normalized spacial score (nSPS) is 21.5. The van der Waals surface area contributed by atoms with E-state index < -0.39 is 19.7 Å². The molecule has 1 atom stereocenters. The van der Waals surface area contributed by atoms with Gasteiger partial charge in [-0.05, 0) is 51.7 Å². The Morgan fingerprint density at radius 1 is 1.14 bits per heavy atom. The van der Waals surface area contributed by atoms with E-state index in [0.717, 1.165) is 19.3 Å². The predicted octanol–water partition coefficient (Wildman–Crippen LogP) is 5.24. The van der Waals surface area contributed by atoms with E-state index in [9.17, 15) is 4.55 Å². The zero-order valence-corrected chi connectivity index (χ0v) is 17.6. The van der Waals surface area contributed by atoms with Crippen LogP contribution in [0.15, 0.2) is 4.40 Å². The Labute approximate surface area is 141 Å². The van der Waals surface area contributed by atoms with Crippen LogP contribution in [0.1, 0.15) is 73.6 Å². The van der Waals surface area contributed by atoms with Gasteiger partial charge in [-0.25, -0.2) is 0 Å². The highest BCUT2D eigenvalue weighted by atomic mass is 32.2. The van der Waals surface area contributed by atoms with Gasteiger partial charge < -0.3 is 8.98 Å². The van der Waals surface area contributed by atoms with Crippen molar-refractivity contribution in [3.05, 3.63) is 0 Å². The van der Waals surface area contributed by atoms with E-state index in [1.54, 1.807) is 0 Å². The zero-order valence-electron chi connectivity index (χ0n) is 15.8. The molecule has 0 amide bonds. The molecule has 0 heterocycles. The Morgan fingerprint density at radius 3 is 2.05 bits per heavy atom. The topological polar surface area (TPSA) is 44.7 Å². The summed E-state index contributed by atoms with van der Waals surface area (Å²) >= 11 is -1.17. The van der Waals surface area contributed by atoms with Crippen LogP contribution >= 0.6 is 0 Å². The first kappa shape index (κ1) is 20.2. The number of hydrogen-bond donors (Lipinski definition) is 0. The minimum absolute atomic E-state index is 0.0748. The van der Waals surface area contributed by atoms with E-state index in [-0.39, 0.29) is 15.4 Å². The second kappa shape index (κ2) is 6.95. The lowest BCUT2D eigenvalue weighted by atomic mass is 9.99. The quantitative estimate of drug-likeness (QED) is 0.388. The maximum absolute atomic E-state index is 12.1. The summed E-state index contributed by atoms with van der Waals surface area (Å²) in [7, 11) is -1.79. The summed E-state index contributed by atoms with van der Waals surface area (Å²) in [5.74, 6) is 0. The number of hydrogen-bond acceptors (Lipinski definition) is 3. The molecular formula is C17H35NO2SSi. The maximum atomic E-state index is 12.1. The summed E-state index contributed by atoms with van der Waals surface area (Å²) in [6.45, 7) is 17.3. The van der Waals surface area contributed by atoms with Gasteiger partial charge in [-0.15, -0.1) is 0 Å². The monoisotopic (exact) mass is 345 g/mol. The van der Waals surface area contributed by atoms with Crippen molar-refractivity contribution in [3.63, 3.8) is 0 Å². The van der Waals surface area contributed by atoms with Crippen LogP contribution in [0, 0.1) is 0 Å². The first-order valence-electron chi connectivity index (χ1n) is 8.44. The molecular weight excluding hydrogens is 310 g/mol. The lowest BCUT2D eigenvalue weighted by molar-refractivity contribution is 0.0685. The lowest BCUT2D eigenvalue weighted by Gasteiger charge is -2.44. The van der Waals surface area contributed by atoms with Gasteiger partial charge in [0.15, 0.2) is 8.32 Å². The molecule has 0 aromatic rings. The van der Waals surface area contributed by atoms with E-state index in [0.29, 0.717) is 0 Å². The molecule has 0 aliphatic heterocycles. The summed E-state index contributed by atoms with van der Waals surface area (Å²) in [5, 5.41) is 0.216. The predicted molar refractivity (Wildman–Crippen MR) is 100 cm³/mol. The average Bonchev–Trinajstić information content (AvgIpc) is 2.74. The third kappa shape index (κ3) is 5.36. The Balaban J connectivity index is 2.79. The molecule has 0 aromatic carbocycles. The molecule has 1 rings (SSSR count). The van der Waals surface area contributed by atoms with Crippen LogP contribution in [0.2, 0.25) is 18.1 Å². The van der Waals surface area contributed by atoms with E-state index in [1.165, 1.54) is 12.8 Å². The van der Waals surface area contributed by atoms with Gasteiger partial charge in [0.25, 0.3) is 0 Å². The lowest BCUT2D eigenvalue weighted by Crippen LogP contribution is -2.49. The smallest absolute Gasteiger partial charge is 0.192 e. The van der Waals surface area contributed by atoms with Crippen LogP contribution in [0.5, 0.6) is 0 Å². The van der Waals surface area contributed by atoms with Crippen molar-refractivity contribution in [2.45, 2.75) is 102 Å². The molecule has 5 heteroatoms. The molecule has 0 spiro atoms.